The van der Waals surface area contributed by atoms with Crippen LogP contribution in [0, 0.1) is 23.0 Å². The van der Waals surface area contributed by atoms with Crippen LogP contribution in [-0.2, 0) is 24.1 Å². The zero-order valence-corrected chi connectivity index (χ0v) is 15.8. The Morgan fingerprint density at radius 2 is 2.04 bits per heavy atom. The first-order valence-corrected chi connectivity index (χ1v) is 9.84. The maximum absolute atomic E-state index is 13.7. The van der Waals surface area contributed by atoms with Crippen LogP contribution in [0.25, 0.3) is 0 Å². The Morgan fingerprint density at radius 3 is 2.70 bits per heavy atom. The Bertz CT molecular complexity index is 924. The lowest BCUT2D eigenvalue weighted by Crippen LogP contribution is -2.16. The lowest BCUT2D eigenvalue weighted by molar-refractivity contribution is -0.113. The molecule has 7 heteroatoms. The highest BCUT2D eigenvalue weighted by Gasteiger charge is 2.22. The third kappa shape index (κ3) is 4.28. The molecule has 0 bridgehead atoms. The standard InChI is InChI=1S/C20H19F2N3OS/c1-2-17-14-6-4-3-5-13(14)15(10-23)20(25-17)27-11-19(26)24-18-8-7-12(21)9-16(18)22/h7-9H,2-6,11H2,1H3,(H,24,26). The van der Waals surface area contributed by atoms with E-state index in [1.165, 1.54) is 23.4 Å². The summed E-state index contributed by atoms with van der Waals surface area (Å²) in [5.74, 6) is -1.98. The quantitative estimate of drug-likeness (QED) is 0.772. The first-order chi connectivity index (χ1) is 13.0. The summed E-state index contributed by atoms with van der Waals surface area (Å²) < 4.78 is 26.6. The summed E-state index contributed by atoms with van der Waals surface area (Å²) >= 11 is 1.17. The van der Waals surface area contributed by atoms with Gasteiger partial charge in [-0.15, -0.1) is 0 Å². The number of halogens is 2. The molecule has 1 N–H and O–H groups in total. The number of aromatic nitrogens is 1. The van der Waals surface area contributed by atoms with Crippen LogP contribution in [-0.4, -0.2) is 16.6 Å². The molecule has 1 aliphatic rings. The monoisotopic (exact) mass is 387 g/mol. The number of benzene rings is 1. The molecule has 1 aliphatic carbocycles. The number of carbonyl (C=O) groups excluding carboxylic acids is 1. The first-order valence-electron chi connectivity index (χ1n) is 8.86. The van der Waals surface area contributed by atoms with E-state index in [1.54, 1.807) is 0 Å². The van der Waals surface area contributed by atoms with Crippen molar-refractivity contribution >= 4 is 23.4 Å². The van der Waals surface area contributed by atoms with E-state index < -0.39 is 17.5 Å². The van der Waals surface area contributed by atoms with Gasteiger partial charge in [0.2, 0.25) is 5.91 Å². The molecule has 3 rings (SSSR count). The van der Waals surface area contributed by atoms with Crippen molar-refractivity contribution in [2.45, 2.75) is 44.1 Å². The second-order valence-electron chi connectivity index (χ2n) is 6.33. The minimum Gasteiger partial charge on any atom is -0.323 e. The summed E-state index contributed by atoms with van der Waals surface area (Å²) in [5, 5.41) is 12.6. The van der Waals surface area contributed by atoms with E-state index in [4.69, 9.17) is 0 Å². The van der Waals surface area contributed by atoms with Crippen molar-refractivity contribution in [3.63, 3.8) is 0 Å². The van der Waals surface area contributed by atoms with E-state index in [-0.39, 0.29) is 11.4 Å². The molecule has 1 amide bonds. The number of carbonyl (C=O) groups is 1. The van der Waals surface area contributed by atoms with Gasteiger partial charge in [-0.3, -0.25) is 4.79 Å². The number of rotatable bonds is 5. The van der Waals surface area contributed by atoms with Gasteiger partial charge in [0, 0.05) is 11.8 Å². The fourth-order valence-electron chi connectivity index (χ4n) is 3.30. The summed E-state index contributed by atoms with van der Waals surface area (Å²) in [6.07, 6.45) is 4.71. The molecule has 0 spiro atoms. The Labute approximate surface area is 161 Å². The van der Waals surface area contributed by atoms with E-state index in [0.717, 1.165) is 55.5 Å². The number of pyridine rings is 1. The molecular formula is C20H19F2N3OS. The van der Waals surface area contributed by atoms with Gasteiger partial charge < -0.3 is 5.32 Å². The van der Waals surface area contributed by atoms with E-state index in [9.17, 15) is 18.8 Å². The van der Waals surface area contributed by atoms with Gasteiger partial charge in [0.1, 0.15) is 22.7 Å². The minimum atomic E-state index is -0.828. The average Bonchev–Trinajstić information content (AvgIpc) is 2.67. The van der Waals surface area contributed by atoms with Gasteiger partial charge in [0.05, 0.1) is 17.0 Å². The first kappa shape index (κ1) is 19.3. The Morgan fingerprint density at radius 1 is 1.30 bits per heavy atom. The molecule has 2 aromatic rings. The Balaban J connectivity index is 1.77. The number of nitriles is 1. The van der Waals surface area contributed by atoms with Crippen LogP contribution in [0.1, 0.15) is 42.1 Å². The number of fused-ring (bicyclic) bond motifs is 1. The van der Waals surface area contributed by atoms with Crippen LogP contribution in [0.5, 0.6) is 0 Å². The van der Waals surface area contributed by atoms with Crippen molar-refractivity contribution in [2.75, 3.05) is 11.1 Å². The average molecular weight is 387 g/mol. The van der Waals surface area contributed by atoms with Crippen molar-refractivity contribution in [3.05, 3.63) is 52.2 Å². The highest BCUT2D eigenvalue weighted by molar-refractivity contribution is 8.00. The number of hydrogen-bond donors (Lipinski definition) is 1. The van der Waals surface area contributed by atoms with E-state index in [1.807, 2.05) is 6.92 Å². The number of anilines is 1. The maximum atomic E-state index is 13.7. The summed E-state index contributed by atoms with van der Waals surface area (Å²) in [4.78, 5) is 16.8. The molecule has 27 heavy (non-hydrogen) atoms. The van der Waals surface area contributed by atoms with Crippen LogP contribution in [0.4, 0.5) is 14.5 Å². The van der Waals surface area contributed by atoms with Gasteiger partial charge in [-0.2, -0.15) is 5.26 Å². The molecule has 4 nitrogen and oxygen atoms in total. The topological polar surface area (TPSA) is 65.8 Å². The highest BCUT2D eigenvalue weighted by atomic mass is 32.2. The lowest BCUT2D eigenvalue weighted by Gasteiger charge is -2.21. The predicted molar refractivity (Wildman–Crippen MR) is 101 cm³/mol. The Hall–Kier alpha value is -2.46. The number of hydrogen-bond acceptors (Lipinski definition) is 4. The van der Waals surface area contributed by atoms with Gasteiger partial charge in [-0.05, 0) is 55.4 Å². The van der Waals surface area contributed by atoms with Crippen LogP contribution in [0.15, 0.2) is 23.2 Å². The second-order valence-corrected chi connectivity index (χ2v) is 7.29. The van der Waals surface area contributed by atoms with Crippen molar-refractivity contribution in [1.82, 2.24) is 4.98 Å². The molecule has 0 fully saturated rings. The molecule has 0 aliphatic heterocycles. The van der Waals surface area contributed by atoms with Crippen molar-refractivity contribution in [3.8, 4) is 6.07 Å². The van der Waals surface area contributed by atoms with Gasteiger partial charge in [0.25, 0.3) is 0 Å². The third-order valence-corrected chi connectivity index (χ3v) is 5.54. The van der Waals surface area contributed by atoms with Crippen LogP contribution in [0.2, 0.25) is 0 Å². The van der Waals surface area contributed by atoms with Crippen LogP contribution >= 0.6 is 11.8 Å². The number of aryl methyl sites for hydroxylation is 1. The van der Waals surface area contributed by atoms with E-state index in [2.05, 4.69) is 16.4 Å². The summed E-state index contributed by atoms with van der Waals surface area (Å²) in [6.45, 7) is 2.03. The largest absolute Gasteiger partial charge is 0.323 e. The molecular weight excluding hydrogens is 368 g/mol. The third-order valence-electron chi connectivity index (χ3n) is 4.56. The molecule has 0 saturated heterocycles. The number of nitrogens with zero attached hydrogens (tertiary/aromatic N) is 2. The van der Waals surface area contributed by atoms with Gasteiger partial charge >= 0.3 is 0 Å². The molecule has 0 atom stereocenters. The zero-order valence-electron chi connectivity index (χ0n) is 14.9. The highest BCUT2D eigenvalue weighted by Crippen LogP contribution is 2.32. The molecule has 0 saturated carbocycles. The summed E-state index contributed by atoms with van der Waals surface area (Å²) in [7, 11) is 0. The number of nitrogens with one attached hydrogen (secondary N) is 1. The normalized spacial score (nSPS) is 13.0. The summed E-state index contributed by atoms with van der Waals surface area (Å²) in [6, 6.07) is 5.23. The SMILES string of the molecule is CCc1nc(SCC(=O)Nc2ccc(F)cc2F)c(C#N)c2c1CCCC2. The minimum absolute atomic E-state index is 0.0135. The number of amides is 1. The van der Waals surface area contributed by atoms with Crippen LogP contribution in [0.3, 0.4) is 0 Å². The predicted octanol–water partition coefficient (Wildman–Crippen LogP) is 4.40. The fourth-order valence-corrected chi connectivity index (χ4v) is 4.13. The lowest BCUT2D eigenvalue weighted by atomic mass is 9.87. The van der Waals surface area contributed by atoms with Gasteiger partial charge in [-0.1, -0.05) is 18.7 Å². The Kier molecular flexibility index (Phi) is 6.07. The van der Waals surface area contributed by atoms with E-state index >= 15 is 0 Å². The van der Waals surface area contributed by atoms with Crippen molar-refractivity contribution in [2.24, 2.45) is 0 Å². The molecule has 1 heterocycles. The second kappa shape index (κ2) is 8.49. The fraction of sp³-hybridized carbons (Fsp3) is 0.350. The molecule has 0 unspecified atom stereocenters. The molecule has 1 aromatic carbocycles. The van der Waals surface area contributed by atoms with Gasteiger partial charge in [0.15, 0.2) is 0 Å². The van der Waals surface area contributed by atoms with Crippen molar-refractivity contribution < 1.29 is 13.6 Å². The zero-order chi connectivity index (χ0) is 19.4. The van der Waals surface area contributed by atoms with E-state index in [0.29, 0.717) is 10.6 Å². The number of thioether (sulfide) groups is 1. The maximum Gasteiger partial charge on any atom is 0.234 e. The smallest absolute Gasteiger partial charge is 0.234 e. The van der Waals surface area contributed by atoms with Crippen molar-refractivity contribution in [1.29, 1.82) is 5.26 Å². The molecule has 140 valence electrons. The van der Waals surface area contributed by atoms with Gasteiger partial charge in [-0.25, -0.2) is 13.8 Å². The molecule has 1 aromatic heterocycles. The molecule has 0 radical (unpaired) electrons. The van der Waals surface area contributed by atoms with Crippen LogP contribution < -0.4 is 5.32 Å². The summed E-state index contributed by atoms with van der Waals surface area (Å²) in [5.41, 5.74) is 3.70.